The lowest BCUT2D eigenvalue weighted by Crippen LogP contribution is -2.53. The monoisotopic (exact) mass is 698 g/mol. The number of rotatable bonds is 40. The van der Waals surface area contributed by atoms with E-state index in [1.54, 1.807) is 0 Å². The largest absolute Gasteiger partial charge is 0.394 e. The van der Waals surface area contributed by atoms with E-state index in [2.05, 4.69) is 19.2 Å². The molecule has 0 aromatic rings. The van der Waals surface area contributed by atoms with Gasteiger partial charge in [0.1, 0.15) is 12.2 Å². The van der Waals surface area contributed by atoms with Crippen molar-refractivity contribution in [1.29, 1.82) is 0 Å². The average molecular weight is 698 g/mol. The van der Waals surface area contributed by atoms with Gasteiger partial charge in [0.15, 0.2) is 0 Å². The van der Waals surface area contributed by atoms with Crippen molar-refractivity contribution < 1.29 is 25.2 Å². The molecule has 0 rings (SSSR count). The molecule has 5 N–H and O–H groups in total. The molecule has 1 amide bonds. The topological polar surface area (TPSA) is 110 Å². The van der Waals surface area contributed by atoms with Crippen molar-refractivity contribution in [3.8, 4) is 0 Å². The van der Waals surface area contributed by atoms with Crippen LogP contribution in [0, 0.1) is 0 Å². The van der Waals surface area contributed by atoms with Crippen LogP contribution in [0.25, 0.3) is 0 Å². The van der Waals surface area contributed by atoms with Gasteiger partial charge in [0, 0.05) is 0 Å². The molecule has 294 valence electrons. The van der Waals surface area contributed by atoms with E-state index in [1.165, 1.54) is 173 Å². The summed E-state index contributed by atoms with van der Waals surface area (Å²) in [7, 11) is 0. The predicted molar refractivity (Wildman–Crippen MR) is 210 cm³/mol. The van der Waals surface area contributed by atoms with Gasteiger partial charge < -0.3 is 25.7 Å². The van der Waals surface area contributed by atoms with Gasteiger partial charge in [-0.25, -0.2) is 0 Å². The molecule has 4 atom stereocenters. The molecule has 0 heterocycles. The van der Waals surface area contributed by atoms with Crippen molar-refractivity contribution in [2.45, 2.75) is 263 Å². The van der Waals surface area contributed by atoms with Crippen LogP contribution in [0.1, 0.15) is 239 Å². The molecule has 0 bridgehead atoms. The van der Waals surface area contributed by atoms with Crippen LogP contribution in [0.5, 0.6) is 0 Å². The fraction of sp³-hybridized carbons (Fsp3) is 0.977. The Morgan fingerprint density at radius 1 is 0.429 bits per heavy atom. The SMILES string of the molecule is CCCCCCCCCCCCCCCCCCCCCCCCCC(O)C(=O)NC(CO)C(O)C(O)CCCCCCCCCCCC. The number of nitrogens with one attached hydrogen (secondary N) is 1. The minimum Gasteiger partial charge on any atom is -0.394 e. The molecule has 0 radical (unpaired) electrons. The van der Waals surface area contributed by atoms with Crippen LogP contribution in [0.4, 0.5) is 0 Å². The molecule has 0 aliphatic rings. The van der Waals surface area contributed by atoms with Gasteiger partial charge in [-0.3, -0.25) is 4.79 Å². The van der Waals surface area contributed by atoms with E-state index in [4.69, 9.17) is 0 Å². The van der Waals surface area contributed by atoms with Crippen molar-refractivity contribution in [3.05, 3.63) is 0 Å². The summed E-state index contributed by atoms with van der Waals surface area (Å²) in [5.74, 6) is -0.581. The summed E-state index contributed by atoms with van der Waals surface area (Å²) in [4.78, 5) is 12.5. The second-order valence-electron chi connectivity index (χ2n) is 15.4. The predicted octanol–water partition coefficient (Wildman–Crippen LogP) is 11.2. The highest BCUT2D eigenvalue weighted by Gasteiger charge is 2.28. The lowest BCUT2D eigenvalue weighted by Gasteiger charge is -2.27. The molecule has 0 aromatic carbocycles. The van der Waals surface area contributed by atoms with Gasteiger partial charge in [-0.1, -0.05) is 226 Å². The number of aliphatic hydroxyl groups excluding tert-OH is 4. The highest BCUT2D eigenvalue weighted by Crippen LogP contribution is 2.17. The number of amides is 1. The molecule has 0 aromatic heterocycles. The Balaban J connectivity index is 3.62. The molecule has 6 heteroatoms. The maximum atomic E-state index is 12.5. The first-order valence-electron chi connectivity index (χ1n) is 21.9. The van der Waals surface area contributed by atoms with Crippen molar-refractivity contribution in [2.24, 2.45) is 0 Å². The highest BCUT2D eigenvalue weighted by molar-refractivity contribution is 5.80. The van der Waals surface area contributed by atoms with E-state index in [9.17, 15) is 25.2 Å². The summed E-state index contributed by atoms with van der Waals surface area (Å²) in [6.07, 6.45) is 40.0. The molecule has 0 saturated heterocycles. The van der Waals surface area contributed by atoms with Crippen LogP contribution < -0.4 is 5.32 Å². The van der Waals surface area contributed by atoms with Gasteiger partial charge in [-0.2, -0.15) is 0 Å². The first kappa shape index (κ1) is 48.3. The van der Waals surface area contributed by atoms with E-state index in [0.717, 1.165) is 38.5 Å². The summed E-state index contributed by atoms with van der Waals surface area (Å²) in [6, 6.07) is -0.977. The smallest absolute Gasteiger partial charge is 0.249 e. The summed E-state index contributed by atoms with van der Waals surface area (Å²) in [5.41, 5.74) is 0. The number of unbranched alkanes of at least 4 members (excludes halogenated alkanes) is 31. The van der Waals surface area contributed by atoms with Crippen LogP contribution >= 0.6 is 0 Å². The van der Waals surface area contributed by atoms with Gasteiger partial charge in [-0.15, -0.1) is 0 Å². The van der Waals surface area contributed by atoms with Crippen LogP contribution in [0.15, 0.2) is 0 Å². The molecule has 0 saturated carbocycles. The normalized spacial score (nSPS) is 14.2. The first-order valence-corrected chi connectivity index (χ1v) is 21.9. The molecule has 0 aliphatic carbocycles. The van der Waals surface area contributed by atoms with E-state index in [1.807, 2.05) is 0 Å². The second kappa shape index (κ2) is 38.5. The minimum absolute atomic E-state index is 0.375. The number of carbonyl (C=O) groups excluding carboxylic acids is 1. The summed E-state index contributed by atoms with van der Waals surface area (Å²) in [5, 5.41) is 43.5. The highest BCUT2D eigenvalue weighted by atomic mass is 16.3. The minimum atomic E-state index is -1.25. The molecule has 0 fully saturated rings. The molecular formula is C43H87NO5. The third kappa shape index (κ3) is 32.9. The average Bonchev–Trinajstić information content (AvgIpc) is 3.11. The second-order valence-corrected chi connectivity index (χ2v) is 15.4. The Bertz CT molecular complexity index is 662. The van der Waals surface area contributed by atoms with Gasteiger partial charge in [-0.05, 0) is 12.8 Å². The fourth-order valence-corrected chi connectivity index (χ4v) is 7.05. The Morgan fingerprint density at radius 2 is 0.694 bits per heavy atom. The number of hydrogen-bond acceptors (Lipinski definition) is 5. The van der Waals surface area contributed by atoms with Crippen molar-refractivity contribution in [2.75, 3.05) is 6.61 Å². The lowest BCUT2D eigenvalue weighted by molar-refractivity contribution is -0.132. The molecule has 0 aliphatic heterocycles. The zero-order chi connectivity index (χ0) is 36.0. The van der Waals surface area contributed by atoms with Gasteiger partial charge in [0.05, 0.1) is 18.8 Å². The molecular weight excluding hydrogens is 610 g/mol. The molecule has 4 unspecified atom stereocenters. The number of carbonyl (C=O) groups is 1. The van der Waals surface area contributed by atoms with Crippen LogP contribution in [0.2, 0.25) is 0 Å². The summed E-state index contributed by atoms with van der Waals surface area (Å²) in [6.45, 7) is 4.04. The quantitative estimate of drug-likeness (QED) is 0.0409. The first-order chi connectivity index (χ1) is 24.0. The van der Waals surface area contributed by atoms with Crippen molar-refractivity contribution >= 4 is 5.91 Å². The van der Waals surface area contributed by atoms with Crippen LogP contribution in [-0.2, 0) is 4.79 Å². The fourth-order valence-electron chi connectivity index (χ4n) is 7.05. The third-order valence-corrected chi connectivity index (χ3v) is 10.6. The van der Waals surface area contributed by atoms with Crippen molar-refractivity contribution in [3.63, 3.8) is 0 Å². The van der Waals surface area contributed by atoms with E-state index >= 15 is 0 Å². The zero-order valence-corrected chi connectivity index (χ0v) is 33.0. The molecule has 49 heavy (non-hydrogen) atoms. The van der Waals surface area contributed by atoms with E-state index < -0.39 is 36.9 Å². The molecule has 0 spiro atoms. The van der Waals surface area contributed by atoms with Crippen LogP contribution in [-0.4, -0.2) is 57.3 Å². The Labute approximate surface area is 305 Å². The van der Waals surface area contributed by atoms with E-state index in [0.29, 0.717) is 12.8 Å². The Hall–Kier alpha value is -0.690. The van der Waals surface area contributed by atoms with E-state index in [-0.39, 0.29) is 0 Å². The summed E-state index contributed by atoms with van der Waals surface area (Å²) >= 11 is 0. The van der Waals surface area contributed by atoms with Crippen molar-refractivity contribution in [1.82, 2.24) is 5.32 Å². The Kier molecular flexibility index (Phi) is 38.0. The summed E-state index contributed by atoms with van der Waals surface area (Å²) < 4.78 is 0. The van der Waals surface area contributed by atoms with Gasteiger partial charge in [0.25, 0.3) is 0 Å². The maximum Gasteiger partial charge on any atom is 0.249 e. The molecule has 6 nitrogen and oxygen atoms in total. The standard InChI is InChI=1S/C43H87NO5/c1-3-5-7-9-11-13-15-16-17-18-19-20-21-22-23-24-25-26-27-29-31-33-35-37-41(47)43(49)44-39(38-45)42(48)40(46)36-34-32-30-28-14-12-10-8-6-4-2/h39-42,45-48H,3-38H2,1-2H3,(H,44,49). The van der Waals surface area contributed by atoms with Gasteiger partial charge in [0.2, 0.25) is 5.91 Å². The maximum absolute atomic E-state index is 12.5. The number of hydrogen-bond donors (Lipinski definition) is 5. The zero-order valence-electron chi connectivity index (χ0n) is 33.0. The third-order valence-electron chi connectivity index (χ3n) is 10.6. The van der Waals surface area contributed by atoms with Crippen LogP contribution in [0.3, 0.4) is 0 Å². The Morgan fingerprint density at radius 3 is 0.980 bits per heavy atom. The lowest BCUT2D eigenvalue weighted by atomic mass is 9.99. The van der Waals surface area contributed by atoms with Gasteiger partial charge >= 0.3 is 0 Å². The number of aliphatic hydroxyl groups is 4.